The van der Waals surface area contributed by atoms with Crippen molar-refractivity contribution < 1.29 is 17.9 Å². The molecule has 0 aliphatic heterocycles. The van der Waals surface area contributed by atoms with Crippen molar-refractivity contribution in [1.29, 1.82) is 0 Å². The molecule has 154 valence electrons. The Balaban J connectivity index is 1.56. The van der Waals surface area contributed by atoms with Crippen molar-refractivity contribution in [2.75, 3.05) is 0 Å². The van der Waals surface area contributed by atoms with Gasteiger partial charge in [-0.1, -0.05) is 42.1 Å². The van der Waals surface area contributed by atoms with E-state index >= 15 is 0 Å². The summed E-state index contributed by atoms with van der Waals surface area (Å²) in [4.78, 5) is 0. The molecule has 0 saturated carbocycles. The number of ether oxygens (including phenoxy) is 1. The Morgan fingerprint density at radius 1 is 0.967 bits per heavy atom. The van der Waals surface area contributed by atoms with Gasteiger partial charge in [-0.05, 0) is 47.5 Å². The lowest BCUT2D eigenvalue weighted by molar-refractivity contribution is 0.284. The number of nitrogens with two attached hydrogens (primary N) is 1. The maximum atomic E-state index is 14.2. The zero-order chi connectivity index (χ0) is 21.3. The van der Waals surface area contributed by atoms with E-state index in [0.717, 1.165) is 23.8 Å². The van der Waals surface area contributed by atoms with Crippen LogP contribution in [-0.2, 0) is 12.4 Å². The second-order valence-electron chi connectivity index (χ2n) is 6.17. The minimum atomic E-state index is -0.661. The number of benzene rings is 3. The molecule has 0 unspecified atom stereocenters. The number of thioether (sulfide) groups is 1. The Kier molecular flexibility index (Phi) is 7.51. The normalized spacial score (nSPS) is 11.8. The lowest BCUT2D eigenvalue weighted by atomic mass is 10.2. The van der Waals surface area contributed by atoms with Gasteiger partial charge in [-0.25, -0.2) is 13.2 Å². The van der Waals surface area contributed by atoms with Crippen LogP contribution < -0.4 is 10.5 Å². The van der Waals surface area contributed by atoms with Gasteiger partial charge in [-0.3, -0.25) is 0 Å². The topological polar surface area (TPSA) is 60.0 Å². The Morgan fingerprint density at radius 3 is 2.53 bits per heavy atom. The molecule has 30 heavy (non-hydrogen) atoms. The first-order valence-electron chi connectivity index (χ1n) is 8.91. The zero-order valence-corrected chi connectivity index (χ0v) is 16.6. The Hall–Kier alpha value is -3.26. The fourth-order valence-electron chi connectivity index (χ4n) is 2.44. The summed E-state index contributed by atoms with van der Waals surface area (Å²) in [5.41, 5.74) is 7.36. The highest BCUT2D eigenvalue weighted by molar-refractivity contribution is 8.13. The van der Waals surface area contributed by atoms with Crippen LogP contribution >= 0.6 is 11.8 Å². The zero-order valence-electron chi connectivity index (χ0n) is 15.8. The van der Waals surface area contributed by atoms with Crippen molar-refractivity contribution in [2.45, 2.75) is 12.4 Å². The number of hydrogen-bond donors (Lipinski definition) is 1. The standard InChI is InChI=1S/C22H18F3N3OS/c23-18-7-8-19(24)17(11-18)13-29-21-9-6-16(10-20(21)25)12-27-28-22(26)30-14-15-4-2-1-3-5-15/h1-12H,13-14H2,(H2,26,28). The van der Waals surface area contributed by atoms with E-state index < -0.39 is 17.5 Å². The van der Waals surface area contributed by atoms with E-state index in [2.05, 4.69) is 10.2 Å². The third-order valence-electron chi connectivity index (χ3n) is 3.94. The number of rotatable bonds is 7. The number of halogens is 3. The van der Waals surface area contributed by atoms with Gasteiger partial charge in [0.1, 0.15) is 18.2 Å². The summed E-state index contributed by atoms with van der Waals surface area (Å²) in [6.07, 6.45) is 1.36. The molecule has 0 bridgehead atoms. The molecule has 3 aromatic carbocycles. The van der Waals surface area contributed by atoms with Gasteiger partial charge in [0.25, 0.3) is 0 Å². The Labute approximate surface area is 176 Å². The maximum absolute atomic E-state index is 14.2. The van der Waals surface area contributed by atoms with Crippen molar-refractivity contribution in [1.82, 2.24) is 0 Å². The van der Waals surface area contributed by atoms with E-state index in [1.807, 2.05) is 30.3 Å². The molecule has 0 amide bonds. The van der Waals surface area contributed by atoms with Gasteiger partial charge < -0.3 is 10.5 Å². The van der Waals surface area contributed by atoms with Crippen molar-refractivity contribution in [2.24, 2.45) is 15.9 Å². The third-order valence-corrected chi connectivity index (χ3v) is 4.79. The van der Waals surface area contributed by atoms with Crippen molar-refractivity contribution in [3.8, 4) is 5.75 Å². The molecule has 4 nitrogen and oxygen atoms in total. The van der Waals surface area contributed by atoms with Gasteiger partial charge in [-0.2, -0.15) is 5.10 Å². The van der Waals surface area contributed by atoms with Gasteiger partial charge in [-0.15, -0.1) is 5.10 Å². The summed E-state index contributed by atoms with van der Waals surface area (Å²) < 4.78 is 46.3. The van der Waals surface area contributed by atoms with Crippen LogP contribution in [0.3, 0.4) is 0 Å². The van der Waals surface area contributed by atoms with E-state index in [-0.39, 0.29) is 23.1 Å². The first-order chi connectivity index (χ1) is 14.5. The quantitative estimate of drug-likeness (QED) is 0.316. The average Bonchev–Trinajstić information content (AvgIpc) is 2.74. The van der Waals surface area contributed by atoms with Crippen LogP contribution in [0.15, 0.2) is 76.9 Å². The van der Waals surface area contributed by atoms with Gasteiger partial charge in [0.2, 0.25) is 0 Å². The second kappa shape index (κ2) is 10.5. The second-order valence-corrected chi connectivity index (χ2v) is 7.17. The highest BCUT2D eigenvalue weighted by Crippen LogP contribution is 2.20. The molecule has 0 atom stereocenters. The summed E-state index contributed by atoms with van der Waals surface area (Å²) in [7, 11) is 0. The van der Waals surface area contributed by atoms with Crippen LogP contribution in [-0.4, -0.2) is 11.4 Å². The lowest BCUT2D eigenvalue weighted by Crippen LogP contribution is -2.06. The summed E-state index contributed by atoms with van der Waals surface area (Å²) in [5, 5.41) is 8.02. The fraction of sp³-hybridized carbons (Fsp3) is 0.0909. The predicted molar refractivity (Wildman–Crippen MR) is 114 cm³/mol. The van der Waals surface area contributed by atoms with Gasteiger partial charge in [0.05, 0.1) is 6.21 Å². The molecule has 0 fully saturated rings. The van der Waals surface area contributed by atoms with Crippen LogP contribution in [0.25, 0.3) is 0 Å². The van der Waals surface area contributed by atoms with Crippen molar-refractivity contribution in [3.05, 3.63) is 101 Å². The monoisotopic (exact) mass is 429 g/mol. The molecule has 0 aliphatic carbocycles. The highest BCUT2D eigenvalue weighted by Gasteiger charge is 2.08. The van der Waals surface area contributed by atoms with Crippen LogP contribution in [0.1, 0.15) is 16.7 Å². The average molecular weight is 429 g/mol. The van der Waals surface area contributed by atoms with E-state index in [0.29, 0.717) is 11.3 Å². The van der Waals surface area contributed by atoms with Crippen molar-refractivity contribution >= 4 is 23.1 Å². The molecule has 8 heteroatoms. The molecular formula is C22H18F3N3OS. The summed E-state index contributed by atoms with van der Waals surface area (Å²) in [5.74, 6) is -1.30. The minimum absolute atomic E-state index is 0.00199. The van der Waals surface area contributed by atoms with E-state index in [1.165, 1.54) is 30.1 Å². The first kappa shape index (κ1) is 21.4. The minimum Gasteiger partial charge on any atom is -0.486 e. The molecule has 3 aromatic rings. The largest absolute Gasteiger partial charge is 0.486 e. The predicted octanol–water partition coefficient (Wildman–Crippen LogP) is 5.26. The smallest absolute Gasteiger partial charge is 0.180 e. The SMILES string of the molecule is NC(=NN=Cc1ccc(OCc2cc(F)ccc2F)c(F)c1)SCc1ccccc1. The van der Waals surface area contributed by atoms with Crippen LogP contribution in [0.4, 0.5) is 13.2 Å². The Bertz CT molecular complexity index is 1060. The molecule has 3 rings (SSSR count). The summed E-state index contributed by atoms with van der Waals surface area (Å²) in [6.45, 7) is -0.298. The molecule has 0 saturated heterocycles. The molecule has 0 spiro atoms. The van der Waals surface area contributed by atoms with Gasteiger partial charge >= 0.3 is 0 Å². The molecule has 0 aromatic heterocycles. The highest BCUT2D eigenvalue weighted by atomic mass is 32.2. The first-order valence-corrected chi connectivity index (χ1v) is 9.89. The third kappa shape index (κ3) is 6.38. The van der Waals surface area contributed by atoms with E-state index in [4.69, 9.17) is 10.5 Å². The van der Waals surface area contributed by atoms with Gasteiger partial charge in [0, 0.05) is 11.3 Å². The molecule has 0 aliphatic rings. The summed E-state index contributed by atoms with van der Waals surface area (Å²) >= 11 is 1.34. The van der Waals surface area contributed by atoms with Crippen LogP contribution in [0.2, 0.25) is 0 Å². The fourth-order valence-corrected chi connectivity index (χ4v) is 3.05. The number of nitrogens with zero attached hydrogens (tertiary/aromatic N) is 2. The molecule has 2 N–H and O–H groups in total. The maximum Gasteiger partial charge on any atom is 0.180 e. The lowest BCUT2D eigenvalue weighted by Gasteiger charge is -2.08. The van der Waals surface area contributed by atoms with E-state index in [1.54, 1.807) is 6.07 Å². The summed E-state index contributed by atoms with van der Waals surface area (Å²) in [6, 6.07) is 16.9. The number of amidine groups is 1. The van der Waals surface area contributed by atoms with Crippen LogP contribution in [0.5, 0.6) is 5.75 Å². The molecular weight excluding hydrogens is 411 g/mol. The van der Waals surface area contributed by atoms with Gasteiger partial charge in [0.15, 0.2) is 16.7 Å². The molecule has 0 radical (unpaired) electrons. The number of hydrogen-bond acceptors (Lipinski definition) is 4. The van der Waals surface area contributed by atoms with Crippen molar-refractivity contribution in [3.63, 3.8) is 0 Å². The Morgan fingerprint density at radius 2 is 1.77 bits per heavy atom. The van der Waals surface area contributed by atoms with Crippen LogP contribution in [0, 0.1) is 17.5 Å². The molecule has 0 heterocycles. The van der Waals surface area contributed by atoms with E-state index in [9.17, 15) is 13.2 Å².